The highest BCUT2D eigenvalue weighted by atomic mass is 16.3. The Balaban J connectivity index is 1.44. The second-order valence-corrected chi connectivity index (χ2v) is 7.06. The van der Waals surface area contributed by atoms with E-state index in [0.29, 0.717) is 5.92 Å². The van der Waals surface area contributed by atoms with Crippen LogP contribution in [0.5, 0.6) is 0 Å². The minimum atomic E-state index is -0.127. The Morgan fingerprint density at radius 2 is 1.85 bits per heavy atom. The molecule has 134 valence electrons. The van der Waals surface area contributed by atoms with Crippen molar-refractivity contribution in [3.8, 4) is 0 Å². The number of fused-ring (bicyclic) bond motifs is 1. The quantitative estimate of drug-likeness (QED) is 0.667. The third-order valence-corrected chi connectivity index (χ3v) is 5.31. The van der Waals surface area contributed by atoms with E-state index in [4.69, 9.17) is 4.42 Å². The van der Waals surface area contributed by atoms with Gasteiger partial charge in [-0.2, -0.15) is 0 Å². The first kappa shape index (κ1) is 16.7. The van der Waals surface area contributed by atoms with E-state index in [1.54, 1.807) is 6.26 Å². The van der Waals surface area contributed by atoms with Gasteiger partial charge < -0.3 is 15.1 Å². The summed E-state index contributed by atoms with van der Waals surface area (Å²) in [6, 6.07) is 18.1. The van der Waals surface area contributed by atoms with Gasteiger partial charge in [-0.25, -0.2) is 4.79 Å². The van der Waals surface area contributed by atoms with E-state index in [2.05, 4.69) is 22.8 Å². The lowest BCUT2D eigenvalue weighted by Gasteiger charge is -2.31. The molecule has 4 heteroatoms. The molecule has 1 saturated carbocycles. The molecule has 1 heterocycles. The maximum atomic E-state index is 12.6. The van der Waals surface area contributed by atoms with Gasteiger partial charge in [-0.1, -0.05) is 49.2 Å². The SMILES string of the molecule is O=C(Nc1cccc2ccccc12)N[C@@H]1CCCC[C@H]1Cc1ccco1. The van der Waals surface area contributed by atoms with Gasteiger partial charge in [0.2, 0.25) is 0 Å². The van der Waals surface area contributed by atoms with Crippen molar-refractivity contribution in [1.29, 1.82) is 0 Å². The molecule has 0 spiro atoms. The molecule has 1 aliphatic carbocycles. The average Bonchev–Trinajstić information content (AvgIpc) is 3.17. The number of hydrogen-bond donors (Lipinski definition) is 2. The van der Waals surface area contributed by atoms with Crippen molar-refractivity contribution >= 4 is 22.5 Å². The summed E-state index contributed by atoms with van der Waals surface area (Å²) in [7, 11) is 0. The maximum Gasteiger partial charge on any atom is 0.319 e. The fourth-order valence-electron chi connectivity index (χ4n) is 3.99. The molecule has 26 heavy (non-hydrogen) atoms. The zero-order chi connectivity index (χ0) is 17.8. The van der Waals surface area contributed by atoms with Crippen LogP contribution in [0.1, 0.15) is 31.4 Å². The summed E-state index contributed by atoms with van der Waals surface area (Å²) in [6.07, 6.45) is 7.12. The van der Waals surface area contributed by atoms with E-state index in [1.807, 2.05) is 42.5 Å². The molecule has 1 aromatic heterocycles. The van der Waals surface area contributed by atoms with Crippen molar-refractivity contribution in [2.24, 2.45) is 5.92 Å². The lowest BCUT2D eigenvalue weighted by Crippen LogP contribution is -2.44. The fraction of sp³-hybridized carbons (Fsp3) is 0.318. The summed E-state index contributed by atoms with van der Waals surface area (Å²) in [4.78, 5) is 12.6. The first-order chi connectivity index (χ1) is 12.8. The predicted molar refractivity (Wildman–Crippen MR) is 104 cm³/mol. The second-order valence-electron chi connectivity index (χ2n) is 7.06. The van der Waals surface area contributed by atoms with Crippen LogP contribution in [0.4, 0.5) is 10.5 Å². The number of nitrogens with one attached hydrogen (secondary N) is 2. The Labute approximate surface area is 153 Å². The van der Waals surface area contributed by atoms with Crippen molar-refractivity contribution in [2.45, 2.75) is 38.1 Å². The molecule has 2 aromatic carbocycles. The Kier molecular flexibility index (Phi) is 4.91. The van der Waals surface area contributed by atoms with Gasteiger partial charge in [-0.3, -0.25) is 0 Å². The molecule has 4 rings (SSSR count). The van der Waals surface area contributed by atoms with Crippen LogP contribution in [-0.4, -0.2) is 12.1 Å². The third kappa shape index (κ3) is 3.74. The molecule has 2 amide bonds. The summed E-state index contributed by atoms with van der Waals surface area (Å²) in [5, 5.41) is 8.42. The molecule has 3 aromatic rings. The molecule has 2 atom stereocenters. The van der Waals surface area contributed by atoms with Gasteiger partial charge in [0.1, 0.15) is 5.76 Å². The lowest BCUT2D eigenvalue weighted by molar-refractivity contribution is 0.224. The van der Waals surface area contributed by atoms with Crippen LogP contribution >= 0.6 is 0 Å². The molecular weight excluding hydrogens is 324 g/mol. The van der Waals surface area contributed by atoms with Crippen molar-refractivity contribution in [2.75, 3.05) is 5.32 Å². The Hall–Kier alpha value is -2.75. The molecule has 0 saturated heterocycles. The molecule has 0 aliphatic heterocycles. The van der Waals surface area contributed by atoms with Gasteiger partial charge in [-0.05, 0) is 42.3 Å². The zero-order valence-electron chi connectivity index (χ0n) is 14.8. The molecule has 1 aliphatic rings. The number of benzene rings is 2. The molecule has 0 unspecified atom stereocenters. The van der Waals surface area contributed by atoms with Gasteiger partial charge in [0.15, 0.2) is 0 Å². The predicted octanol–water partition coefficient (Wildman–Crippen LogP) is 5.36. The maximum absolute atomic E-state index is 12.6. The van der Waals surface area contributed by atoms with Crippen molar-refractivity contribution < 1.29 is 9.21 Å². The van der Waals surface area contributed by atoms with Crippen LogP contribution in [0.2, 0.25) is 0 Å². The summed E-state index contributed by atoms with van der Waals surface area (Å²) in [6.45, 7) is 0. The summed E-state index contributed by atoms with van der Waals surface area (Å²) >= 11 is 0. The Bertz CT molecular complexity index is 867. The number of carbonyl (C=O) groups excluding carboxylic acids is 1. The highest BCUT2D eigenvalue weighted by molar-refractivity contribution is 6.01. The number of amides is 2. The standard InChI is InChI=1S/C22H24N2O2/c25-22(24-21-13-5-9-16-7-1-3-11-19(16)21)23-20-12-4-2-8-17(20)15-18-10-6-14-26-18/h1,3,5-7,9-11,13-14,17,20H,2,4,8,12,15H2,(H2,23,24,25)/t17-,20+/m0/s1. The van der Waals surface area contributed by atoms with Gasteiger partial charge in [0, 0.05) is 17.8 Å². The minimum Gasteiger partial charge on any atom is -0.469 e. The molecular formula is C22H24N2O2. The van der Waals surface area contributed by atoms with E-state index in [1.165, 1.54) is 6.42 Å². The average molecular weight is 348 g/mol. The number of urea groups is 1. The fourth-order valence-corrected chi connectivity index (χ4v) is 3.99. The normalized spacial score (nSPS) is 20.0. The first-order valence-corrected chi connectivity index (χ1v) is 9.37. The van der Waals surface area contributed by atoms with Crippen LogP contribution in [0.3, 0.4) is 0 Å². The number of hydrogen-bond acceptors (Lipinski definition) is 2. The van der Waals surface area contributed by atoms with E-state index < -0.39 is 0 Å². The number of rotatable bonds is 4. The smallest absolute Gasteiger partial charge is 0.319 e. The van der Waals surface area contributed by atoms with E-state index >= 15 is 0 Å². The van der Waals surface area contributed by atoms with Gasteiger partial charge in [0.05, 0.1) is 12.0 Å². The largest absolute Gasteiger partial charge is 0.469 e. The number of anilines is 1. The molecule has 4 nitrogen and oxygen atoms in total. The van der Waals surface area contributed by atoms with Crippen LogP contribution in [-0.2, 0) is 6.42 Å². The zero-order valence-corrected chi connectivity index (χ0v) is 14.8. The Morgan fingerprint density at radius 1 is 1.00 bits per heavy atom. The van der Waals surface area contributed by atoms with Gasteiger partial charge in [0.25, 0.3) is 0 Å². The molecule has 2 N–H and O–H groups in total. The van der Waals surface area contributed by atoms with Crippen molar-refractivity contribution in [3.05, 3.63) is 66.6 Å². The van der Waals surface area contributed by atoms with Crippen molar-refractivity contribution in [3.63, 3.8) is 0 Å². The molecule has 1 fully saturated rings. The first-order valence-electron chi connectivity index (χ1n) is 9.37. The van der Waals surface area contributed by atoms with E-state index in [0.717, 1.165) is 47.9 Å². The molecule has 0 radical (unpaired) electrons. The van der Waals surface area contributed by atoms with E-state index in [-0.39, 0.29) is 12.1 Å². The monoisotopic (exact) mass is 348 g/mol. The topological polar surface area (TPSA) is 54.3 Å². The summed E-state index contributed by atoms with van der Waals surface area (Å²) < 4.78 is 5.51. The Morgan fingerprint density at radius 3 is 2.73 bits per heavy atom. The number of furan rings is 1. The van der Waals surface area contributed by atoms with Crippen LogP contribution in [0.15, 0.2) is 65.3 Å². The van der Waals surface area contributed by atoms with Crippen molar-refractivity contribution in [1.82, 2.24) is 5.32 Å². The van der Waals surface area contributed by atoms with E-state index in [9.17, 15) is 4.79 Å². The van der Waals surface area contributed by atoms with Crippen LogP contribution in [0.25, 0.3) is 10.8 Å². The summed E-state index contributed by atoms with van der Waals surface area (Å²) in [5.41, 5.74) is 0.846. The summed E-state index contributed by atoms with van der Waals surface area (Å²) in [5.74, 6) is 1.42. The minimum absolute atomic E-state index is 0.127. The highest BCUT2D eigenvalue weighted by Gasteiger charge is 2.27. The van der Waals surface area contributed by atoms with Crippen LogP contribution < -0.4 is 10.6 Å². The third-order valence-electron chi connectivity index (χ3n) is 5.31. The number of carbonyl (C=O) groups is 1. The molecule has 0 bridgehead atoms. The van der Waals surface area contributed by atoms with Crippen LogP contribution in [0, 0.1) is 5.92 Å². The second kappa shape index (κ2) is 7.65. The van der Waals surface area contributed by atoms with Gasteiger partial charge in [-0.15, -0.1) is 0 Å². The van der Waals surface area contributed by atoms with Gasteiger partial charge >= 0.3 is 6.03 Å². The lowest BCUT2D eigenvalue weighted by atomic mass is 9.82. The highest BCUT2D eigenvalue weighted by Crippen LogP contribution is 2.28.